The molecular weight excluding hydrogens is 458 g/mol. The second-order valence-electron chi connectivity index (χ2n) is 7.66. The van der Waals surface area contributed by atoms with Crippen molar-refractivity contribution < 1.29 is 33.3 Å². The maximum Gasteiger partial charge on any atom is 0.343 e. The van der Waals surface area contributed by atoms with Gasteiger partial charge >= 0.3 is 5.97 Å². The Morgan fingerprint density at radius 1 is 0.943 bits per heavy atom. The van der Waals surface area contributed by atoms with E-state index < -0.39 is 40.7 Å². The number of aromatic carboxylic acids is 1. The summed E-state index contributed by atoms with van der Waals surface area (Å²) in [5.74, 6) is -5.77. The van der Waals surface area contributed by atoms with Crippen LogP contribution in [0.5, 0.6) is 29.0 Å². The first-order chi connectivity index (χ1) is 16.7. The topological polar surface area (TPSA) is 115 Å². The number of rotatable bonds is 7. The molecule has 35 heavy (non-hydrogen) atoms. The first-order valence-electron chi connectivity index (χ1n) is 10.4. The number of benzene rings is 3. The Kier molecular flexibility index (Phi) is 6.61. The van der Waals surface area contributed by atoms with E-state index in [0.717, 1.165) is 16.7 Å². The molecule has 0 atom stereocenters. The number of carboxylic acids is 1. The van der Waals surface area contributed by atoms with Gasteiger partial charge in [-0.15, -0.1) is 0 Å². The molecule has 0 saturated heterocycles. The lowest BCUT2D eigenvalue weighted by molar-refractivity contribution is 0.0690. The van der Waals surface area contributed by atoms with Gasteiger partial charge in [0.1, 0.15) is 22.8 Å². The van der Waals surface area contributed by atoms with Gasteiger partial charge in [0.2, 0.25) is 0 Å². The molecule has 178 valence electrons. The molecule has 0 amide bonds. The van der Waals surface area contributed by atoms with E-state index in [1.807, 2.05) is 30.3 Å². The monoisotopic (exact) mass is 478 g/mol. The Morgan fingerprint density at radius 2 is 1.60 bits per heavy atom. The van der Waals surface area contributed by atoms with E-state index in [0.29, 0.717) is 18.2 Å². The molecule has 0 aliphatic carbocycles. The van der Waals surface area contributed by atoms with Gasteiger partial charge in [0, 0.05) is 12.6 Å². The van der Waals surface area contributed by atoms with Gasteiger partial charge in [-0.05, 0) is 59.5 Å². The minimum Gasteiger partial charge on any atom is -0.507 e. The predicted octanol–water partition coefficient (Wildman–Crippen LogP) is 5.78. The van der Waals surface area contributed by atoms with Crippen LogP contribution >= 0.6 is 0 Å². The maximum atomic E-state index is 14.5. The van der Waals surface area contributed by atoms with E-state index in [9.17, 15) is 23.8 Å². The summed E-state index contributed by atoms with van der Waals surface area (Å²) in [4.78, 5) is 15.3. The lowest BCUT2D eigenvalue weighted by atomic mass is 10.0. The molecule has 0 bridgehead atoms. The second kappa shape index (κ2) is 9.78. The molecule has 0 saturated carbocycles. The number of nitrogens with two attached hydrogens (primary N) is 1. The lowest BCUT2D eigenvalue weighted by Crippen LogP contribution is -2.04. The fourth-order valence-electron chi connectivity index (χ4n) is 3.44. The smallest absolute Gasteiger partial charge is 0.343 e. The van der Waals surface area contributed by atoms with Gasteiger partial charge in [-0.1, -0.05) is 30.3 Å². The van der Waals surface area contributed by atoms with Gasteiger partial charge in [-0.3, -0.25) is 0 Å². The van der Waals surface area contributed by atoms with E-state index in [4.69, 9.17) is 15.2 Å². The van der Waals surface area contributed by atoms with Gasteiger partial charge in [0.25, 0.3) is 11.8 Å². The van der Waals surface area contributed by atoms with Gasteiger partial charge in [0.15, 0.2) is 11.6 Å². The van der Waals surface area contributed by atoms with Crippen LogP contribution in [0.4, 0.5) is 8.78 Å². The number of nitrogens with zero attached hydrogens (tertiary/aromatic N) is 1. The number of carboxylic acid groups (broad SMARTS) is 1. The number of pyridine rings is 1. The highest BCUT2D eigenvalue weighted by Gasteiger charge is 2.22. The Morgan fingerprint density at radius 3 is 2.29 bits per heavy atom. The molecule has 3 aromatic carbocycles. The molecular formula is C26H20F2N2O5. The highest BCUT2D eigenvalue weighted by atomic mass is 19.1. The number of aromatic hydroxyl groups is 1. The quantitative estimate of drug-likeness (QED) is 0.308. The highest BCUT2D eigenvalue weighted by molar-refractivity contribution is 5.94. The largest absolute Gasteiger partial charge is 0.507 e. The lowest BCUT2D eigenvalue weighted by Gasteiger charge is -2.13. The van der Waals surface area contributed by atoms with Crippen LogP contribution in [0, 0.1) is 18.6 Å². The molecule has 1 heterocycles. The molecule has 0 fully saturated rings. The summed E-state index contributed by atoms with van der Waals surface area (Å²) in [5, 5.41) is 19.4. The third-order valence-electron chi connectivity index (χ3n) is 5.06. The summed E-state index contributed by atoms with van der Waals surface area (Å²) < 4.78 is 39.8. The fourth-order valence-corrected chi connectivity index (χ4v) is 3.44. The minimum absolute atomic E-state index is 0.226. The van der Waals surface area contributed by atoms with Crippen molar-refractivity contribution in [2.75, 3.05) is 0 Å². The van der Waals surface area contributed by atoms with Crippen molar-refractivity contribution in [3.63, 3.8) is 0 Å². The highest BCUT2D eigenvalue weighted by Crippen LogP contribution is 2.35. The number of hydrogen-bond donors (Lipinski definition) is 3. The fraction of sp³-hybridized carbons (Fsp3) is 0.0769. The van der Waals surface area contributed by atoms with Gasteiger partial charge < -0.3 is 25.4 Å². The summed E-state index contributed by atoms with van der Waals surface area (Å²) in [6.45, 7) is 1.96. The molecule has 4 N–H and O–H groups in total. The predicted molar refractivity (Wildman–Crippen MR) is 124 cm³/mol. The van der Waals surface area contributed by atoms with Crippen molar-refractivity contribution in [2.24, 2.45) is 5.73 Å². The first kappa shape index (κ1) is 23.7. The van der Waals surface area contributed by atoms with Crippen molar-refractivity contribution in [3.8, 4) is 40.1 Å². The molecule has 4 rings (SSSR count). The summed E-state index contributed by atoms with van der Waals surface area (Å²) in [5.41, 5.74) is 8.16. The average Bonchev–Trinajstić information content (AvgIpc) is 2.81. The number of ether oxygens (including phenoxy) is 2. The molecule has 0 aliphatic heterocycles. The van der Waals surface area contributed by atoms with Crippen molar-refractivity contribution >= 4 is 5.97 Å². The summed E-state index contributed by atoms with van der Waals surface area (Å²) in [7, 11) is 0. The van der Waals surface area contributed by atoms with Crippen molar-refractivity contribution in [2.45, 2.75) is 13.5 Å². The average molecular weight is 478 g/mol. The third kappa shape index (κ3) is 5.20. The SMILES string of the molecule is Cc1cc(O)c(C(=O)O)c(Oc2nc(Oc3cccc(-c4cccc(CN)c4)c3)c(F)cc2F)c1. The van der Waals surface area contributed by atoms with Crippen LogP contribution in [0.1, 0.15) is 21.5 Å². The van der Waals surface area contributed by atoms with Crippen LogP contribution in [-0.4, -0.2) is 21.2 Å². The normalized spacial score (nSPS) is 10.7. The van der Waals surface area contributed by atoms with E-state index >= 15 is 0 Å². The second-order valence-corrected chi connectivity index (χ2v) is 7.66. The molecule has 7 nitrogen and oxygen atoms in total. The molecule has 0 aliphatic rings. The van der Waals surface area contributed by atoms with E-state index in [-0.39, 0.29) is 11.5 Å². The zero-order valence-corrected chi connectivity index (χ0v) is 18.5. The number of hydrogen-bond acceptors (Lipinski definition) is 6. The van der Waals surface area contributed by atoms with Crippen LogP contribution in [0.15, 0.2) is 66.7 Å². The maximum absolute atomic E-state index is 14.5. The molecule has 0 spiro atoms. The standard InChI is InChI=1S/C26H20F2N2O5/c1-14-8-21(31)23(26(32)33)22(9-14)35-25-20(28)12-19(27)24(30-25)34-18-7-3-6-17(11-18)16-5-2-4-15(10-16)13-29/h2-12,31H,13,29H2,1H3,(H,32,33). The van der Waals surface area contributed by atoms with Gasteiger partial charge in [-0.25, -0.2) is 13.6 Å². The van der Waals surface area contributed by atoms with Crippen LogP contribution < -0.4 is 15.2 Å². The van der Waals surface area contributed by atoms with Crippen molar-refractivity contribution in [3.05, 3.63) is 95.1 Å². The first-order valence-corrected chi connectivity index (χ1v) is 10.4. The molecule has 0 unspecified atom stereocenters. The number of carbonyl (C=O) groups is 1. The van der Waals surface area contributed by atoms with Gasteiger partial charge in [0.05, 0.1) is 0 Å². The molecule has 9 heteroatoms. The molecule has 0 radical (unpaired) electrons. The van der Waals surface area contributed by atoms with Crippen LogP contribution in [0.2, 0.25) is 0 Å². The van der Waals surface area contributed by atoms with Crippen molar-refractivity contribution in [1.82, 2.24) is 4.98 Å². The third-order valence-corrected chi connectivity index (χ3v) is 5.06. The number of aryl methyl sites for hydroxylation is 1. The van der Waals surface area contributed by atoms with E-state index in [1.165, 1.54) is 12.1 Å². The Hall–Kier alpha value is -4.50. The van der Waals surface area contributed by atoms with Crippen LogP contribution in [-0.2, 0) is 6.54 Å². The van der Waals surface area contributed by atoms with E-state index in [2.05, 4.69) is 4.98 Å². The van der Waals surface area contributed by atoms with Gasteiger partial charge in [-0.2, -0.15) is 4.98 Å². The minimum atomic E-state index is -1.49. The molecule has 1 aromatic heterocycles. The van der Waals surface area contributed by atoms with E-state index in [1.54, 1.807) is 25.1 Å². The number of aromatic nitrogens is 1. The molecule has 4 aromatic rings. The summed E-state index contributed by atoms with van der Waals surface area (Å²) in [6, 6.07) is 17.3. The zero-order valence-electron chi connectivity index (χ0n) is 18.5. The Labute approximate surface area is 199 Å². The Bertz CT molecular complexity index is 1430. The number of phenols is 1. The zero-order chi connectivity index (χ0) is 25.1. The van der Waals surface area contributed by atoms with Crippen LogP contribution in [0.3, 0.4) is 0 Å². The van der Waals surface area contributed by atoms with Crippen molar-refractivity contribution in [1.29, 1.82) is 0 Å². The number of halogens is 2. The summed E-state index contributed by atoms with van der Waals surface area (Å²) >= 11 is 0. The van der Waals surface area contributed by atoms with Crippen LogP contribution in [0.25, 0.3) is 11.1 Å². The summed E-state index contributed by atoms with van der Waals surface area (Å²) in [6.07, 6.45) is 0. The Balaban J connectivity index is 1.67.